The largest absolute Gasteiger partial charge is 0.456 e. The summed E-state index contributed by atoms with van der Waals surface area (Å²) in [6, 6.07) is 15.7. The van der Waals surface area contributed by atoms with E-state index in [4.69, 9.17) is 9.47 Å². The molecule has 3 aromatic carbocycles. The number of nitrogens with one attached hydrogen (secondary N) is 1. The number of sulfonamides is 1. The summed E-state index contributed by atoms with van der Waals surface area (Å²) in [7, 11) is -3.90. The summed E-state index contributed by atoms with van der Waals surface area (Å²) in [4.78, 5) is 13.0. The molecule has 0 aromatic heterocycles. The minimum Gasteiger partial charge on any atom is -0.456 e. The van der Waals surface area contributed by atoms with E-state index in [1.165, 1.54) is 16.4 Å². The van der Waals surface area contributed by atoms with Gasteiger partial charge in [-0.1, -0.05) is 30.7 Å². The van der Waals surface area contributed by atoms with Gasteiger partial charge in [0.05, 0.1) is 11.3 Å². The van der Waals surface area contributed by atoms with Crippen molar-refractivity contribution in [3.05, 3.63) is 71.3 Å². The topological polar surface area (TPSA) is 84.9 Å². The molecule has 1 N–H and O–H groups in total. The fourth-order valence-corrected chi connectivity index (χ4v) is 5.88. The highest BCUT2D eigenvalue weighted by Crippen LogP contribution is 2.42. The second-order valence-corrected chi connectivity index (χ2v) is 10.6. The van der Waals surface area contributed by atoms with Gasteiger partial charge in [0.1, 0.15) is 16.4 Å². The van der Waals surface area contributed by atoms with Crippen molar-refractivity contribution in [1.82, 2.24) is 4.31 Å². The van der Waals surface area contributed by atoms with Gasteiger partial charge in [-0.25, -0.2) is 8.42 Å². The molecule has 1 amide bonds. The highest BCUT2D eigenvalue weighted by molar-refractivity contribution is 7.89. The number of ether oxygens (including phenoxy) is 2. The zero-order valence-corrected chi connectivity index (χ0v) is 19.9. The first-order valence-electron chi connectivity index (χ1n) is 11.3. The Hall–Kier alpha value is -3.36. The van der Waals surface area contributed by atoms with Crippen molar-refractivity contribution in [2.24, 2.45) is 0 Å². The lowest BCUT2D eigenvalue weighted by molar-refractivity contribution is 0.102. The van der Waals surface area contributed by atoms with Gasteiger partial charge in [-0.3, -0.25) is 4.79 Å². The van der Waals surface area contributed by atoms with Crippen molar-refractivity contribution in [2.75, 3.05) is 18.4 Å². The molecule has 2 aliphatic heterocycles. The average Bonchev–Trinajstić information content (AvgIpc) is 2.95. The zero-order chi connectivity index (χ0) is 23.9. The fraction of sp³-hybridized carbons (Fsp3) is 0.269. The Bertz CT molecular complexity index is 1380. The van der Waals surface area contributed by atoms with Gasteiger partial charge in [-0.15, -0.1) is 0 Å². The van der Waals surface area contributed by atoms with Crippen LogP contribution in [0.4, 0.5) is 5.69 Å². The van der Waals surface area contributed by atoms with Crippen molar-refractivity contribution in [3.63, 3.8) is 0 Å². The number of para-hydroxylation sites is 1. The third kappa shape index (κ3) is 4.15. The van der Waals surface area contributed by atoms with E-state index in [1.54, 1.807) is 12.1 Å². The van der Waals surface area contributed by atoms with Crippen LogP contribution in [0.5, 0.6) is 23.0 Å². The summed E-state index contributed by atoms with van der Waals surface area (Å²) < 4.78 is 41.1. The molecule has 5 rings (SSSR count). The summed E-state index contributed by atoms with van der Waals surface area (Å²) in [5.74, 6) is 0.952. The molecule has 0 bridgehead atoms. The maximum Gasteiger partial charge on any atom is 0.259 e. The number of hydrogen-bond acceptors (Lipinski definition) is 5. The molecule has 1 fully saturated rings. The van der Waals surface area contributed by atoms with Gasteiger partial charge in [-0.2, -0.15) is 4.31 Å². The molecule has 0 aliphatic carbocycles. The summed E-state index contributed by atoms with van der Waals surface area (Å²) in [6.45, 7) is 4.70. The van der Waals surface area contributed by atoms with Crippen LogP contribution in [0.3, 0.4) is 0 Å². The molecule has 176 valence electrons. The Morgan fingerprint density at radius 3 is 2.44 bits per heavy atom. The van der Waals surface area contributed by atoms with Crippen LogP contribution >= 0.6 is 0 Å². The van der Waals surface area contributed by atoms with E-state index in [0.717, 1.165) is 30.4 Å². The molecule has 1 saturated heterocycles. The Kier molecular flexibility index (Phi) is 5.79. The van der Waals surface area contributed by atoms with Crippen molar-refractivity contribution in [2.45, 2.75) is 38.0 Å². The van der Waals surface area contributed by atoms with E-state index in [9.17, 15) is 13.2 Å². The van der Waals surface area contributed by atoms with Crippen LogP contribution in [0, 0.1) is 13.8 Å². The number of fused-ring (bicyclic) bond motifs is 2. The lowest BCUT2D eigenvalue weighted by Gasteiger charge is -2.27. The number of piperidine rings is 1. The third-order valence-electron chi connectivity index (χ3n) is 6.14. The van der Waals surface area contributed by atoms with Gasteiger partial charge in [0, 0.05) is 19.2 Å². The van der Waals surface area contributed by atoms with E-state index in [2.05, 4.69) is 5.32 Å². The molecule has 0 radical (unpaired) electrons. The van der Waals surface area contributed by atoms with Crippen LogP contribution in [0.2, 0.25) is 0 Å². The van der Waals surface area contributed by atoms with Gasteiger partial charge in [0.2, 0.25) is 10.0 Å². The highest BCUT2D eigenvalue weighted by Gasteiger charge is 2.33. The van der Waals surface area contributed by atoms with Gasteiger partial charge in [-0.05, 0) is 62.1 Å². The Labute approximate surface area is 199 Å². The molecule has 3 aromatic rings. The lowest BCUT2D eigenvalue weighted by atomic mass is 10.1. The maximum absolute atomic E-state index is 13.7. The van der Waals surface area contributed by atoms with E-state index in [1.807, 2.05) is 44.2 Å². The number of aryl methyl sites for hydroxylation is 2. The van der Waals surface area contributed by atoms with Crippen LogP contribution in [0.15, 0.2) is 59.5 Å². The van der Waals surface area contributed by atoms with E-state index >= 15 is 0 Å². The van der Waals surface area contributed by atoms with Crippen molar-refractivity contribution < 1.29 is 22.7 Å². The molecular weight excluding hydrogens is 452 g/mol. The average molecular weight is 479 g/mol. The molecule has 0 saturated carbocycles. The van der Waals surface area contributed by atoms with E-state index in [0.29, 0.717) is 30.3 Å². The first-order valence-corrected chi connectivity index (χ1v) is 12.8. The number of carbonyl (C=O) groups excluding carboxylic acids is 1. The van der Waals surface area contributed by atoms with Gasteiger partial charge in [0.25, 0.3) is 5.91 Å². The van der Waals surface area contributed by atoms with Crippen molar-refractivity contribution in [3.8, 4) is 23.0 Å². The second-order valence-electron chi connectivity index (χ2n) is 8.68. The number of hydrogen-bond donors (Lipinski definition) is 1. The van der Waals surface area contributed by atoms with Gasteiger partial charge in [0.15, 0.2) is 11.5 Å². The lowest BCUT2D eigenvalue weighted by Crippen LogP contribution is -2.35. The summed E-state index contributed by atoms with van der Waals surface area (Å²) in [6.07, 6.45) is 2.60. The SMILES string of the molecule is Cc1ccc2c(c1)Oc1cc(Oc3ccccc3C)c(S(=O)(=O)N3CCCCC3)cc1C(=O)N2. The molecule has 0 spiro atoms. The standard InChI is InChI=1S/C26H26N2O5S/c1-17-10-11-20-23(14-17)33-22-16-24(32-21-9-5-4-8-18(21)2)25(15-19(22)26(29)27-20)34(30,31)28-12-6-3-7-13-28/h4-5,8-11,14-16H,3,6-7,12-13H2,1-2H3,(H,27,29). The fourth-order valence-electron chi connectivity index (χ4n) is 4.24. The smallest absolute Gasteiger partial charge is 0.259 e. The monoisotopic (exact) mass is 478 g/mol. The summed E-state index contributed by atoms with van der Waals surface area (Å²) >= 11 is 0. The number of anilines is 1. The molecule has 7 nitrogen and oxygen atoms in total. The first-order chi connectivity index (χ1) is 16.3. The number of nitrogens with zero attached hydrogens (tertiary/aromatic N) is 1. The predicted octanol–water partition coefficient (Wildman–Crippen LogP) is 5.63. The van der Waals surface area contributed by atoms with Gasteiger partial charge >= 0.3 is 0 Å². The molecule has 34 heavy (non-hydrogen) atoms. The van der Waals surface area contributed by atoms with Crippen LogP contribution in [0.25, 0.3) is 0 Å². The highest BCUT2D eigenvalue weighted by atomic mass is 32.2. The zero-order valence-electron chi connectivity index (χ0n) is 19.1. The maximum atomic E-state index is 13.7. The first kappa shape index (κ1) is 22.4. The number of carbonyl (C=O) groups is 1. The van der Waals surface area contributed by atoms with Crippen LogP contribution in [-0.2, 0) is 10.0 Å². The molecule has 8 heteroatoms. The molecule has 0 unspecified atom stereocenters. The second kappa shape index (κ2) is 8.77. The minimum absolute atomic E-state index is 0.0442. The van der Waals surface area contributed by atoms with E-state index in [-0.39, 0.29) is 22.0 Å². The van der Waals surface area contributed by atoms with Crippen LogP contribution in [-0.4, -0.2) is 31.7 Å². The normalized spacial score (nSPS) is 16.0. The Morgan fingerprint density at radius 2 is 1.68 bits per heavy atom. The van der Waals surface area contributed by atoms with Gasteiger partial charge < -0.3 is 14.8 Å². The van der Waals surface area contributed by atoms with Crippen LogP contribution < -0.4 is 14.8 Å². The Balaban J connectivity index is 1.67. The predicted molar refractivity (Wildman–Crippen MR) is 130 cm³/mol. The quantitative estimate of drug-likeness (QED) is 0.525. The minimum atomic E-state index is -3.90. The third-order valence-corrected chi connectivity index (χ3v) is 8.06. The Morgan fingerprint density at radius 1 is 0.912 bits per heavy atom. The summed E-state index contributed by atoms with van der Waals surface area (Å²) in [5, 5.41) is 2.83. The van der Waals surface area contributed by atoms with Crippen LogP contribution in [0.1, 0.15) is 40.7 Å². The van der Waals surface area contributed by atoms with Crippen molar-refractivity contribution in [1.29, 1.82) is 0 Å². The number of benzene rings is 3. The van der Waals surface area contributed by atoms with Crippen molar-refractivity contribution >= 4 is 21.6 Å². The number of rotatable bonds is 4. The molecule has 0 atom stereocenters. The molecule has 2 aliphatic rings. The number of amides is 1. The molecule has 2 heterocycles. The van der Waals surface area contributed by atoms with E-state index < -0.39 is 15.9 Å². The molecular formula is C26H26N2O5S. The summed E-state index contributed by atoms with van der Waals surface area (Å²) in [5.41, 5.74) is 2.49.